The third-order valence-electron chi connectivity index (χ3n) is 1.64. The van der Waals surface area contributed by atoms with Crippen molar-refractivity contribution in [2.45, 2.75) is 0 Å². The molecule has 0 bridgehead atoms. The van der Waals surface area contributed by atoms with Crippen LogP contribution in [-0.2, 0) is 0 Å². The topological polar surface area (TPSA) is 39.2 Å². The minimum atomic E-state index is -0.433. The lowest BCUT2D eigenvalue weighted by Gasteiger charge is -2.03. The summed E-state index contributed by atoms with van der Waals surface area (Å²) in [5.41, 5.74) is 0.507. The number of nitrogens with zero attached hydrogens (tertiary/aromatic N) is 1. The van der Waals surface area contributed by atoms with Gasteiger partial charge in [0, 0.05) is 11.4 Å². The van der Waals surface area contributed by atoms with Gasteiger partial charge in [-0.3, -0.25) is 4.98 Å². The number of carbonyl (C=O) groups excluding carboxylic acids is 1. The van der Waals surface area contributed by atoms with Crippen LogP contribution in [0.4, 0.5) is 0 Å². The van der Waals surface area contributed by atoms with E-state index in [1.165, 1.54) is 23.6 Å². The molecule has 0 unspecified atom stereocenters. The number of halogens is 1. The summed E-state index contributed by atoms with van der Waals surface area (Å²) >= 11 is 7.20. The SMILES string of the molecule is O=C(Oc1c[c]ncc1Cl)c1ccsc1. The summed E-state index contributed by atoms with van der Waals surface area (Å²) in [5, 5.41) is 3.80. The zero-order valence-corrected chi connectivity index (χ0v) is 9.01. The Bertz CT molecular complexity index is 470. The molecule has 0 spiro atoms. The maximum absolute atomic E-state index is 11.5. The fourth-order valence-corrected chi connectivity index (χ4v) is 1.71. The lowest BCUT2D eigenvalue weighted by atomic mass is 10.3. The highest BCUT2D eigenvalue weighted by atomic mass is 35.5. The number of esters is 1. The minimum Gasteiger partial charge on any atom is -0.421 e. The zero-order valence-electron chi connectivity index (χ0n) is 7.44. The van der Waals surface area contributed by atoms with E-state index in [2.05, 4.69) is 11.2 Å². The molecule has 0 atom stereocenters. The van der Waals surface area contributed by atoms with Crippen molar-refractivity contribution in [1.82, 2.24) is 4.98 Å². The van der Waals surface area contributed by atoms with E-state index in [1.807, 2.05) is 0 Å². The fourth-order valence-electron chi connectivity index (χ4n) is 0.940. The van der Waals surface area contributed by atoms with Crippen molar-refractivity contribution in [1.29, 1.82) is 0 Å². The Morgan fingerprint density at radius 2 is 2.47 bits per heavy atom. The number of hydrogen-bond donors (Lipinski definition) is 0. The Morgan fingerprint density at radius 1 is 1.60 bits per heavy atom. The summed E-state index contributed by atoms with van der Waals surface area (Å²) in [4.78, 5) is 15.2. The molecule has 3 nitrogen and oxygen atoms in total. The first-order valence-corrected chi connectivity index (χ1v) is 5.35. The van der Waals surface area contributed by atoms with Crippen LogP contribution in [0.5, 0.6) is 5.75 Å². The summed E-state index contributed by atoms with van der Waals surface area (Å²) in [7, 11) is 0. The van der Waals surface area contributed by atoms with Crippen molar-refractivity contribution < 1.29 is 9.53 Å². The summed E-state index contributed by atoms with van der Waals surface area (Å²) < 4.78 is 5.05. The van der Waals surface area contributed by atoms with Crippen molar-refractivity contribution in [2.75, 3.05) is 0 Å². The van der Waals surface area contributed by atoms with Crippen LogP contribution in [0.15, 0.2) is 29.1 Å². The van der Waals surface area contributed by atoms with Crippen molar-refractivity contribution in [3.8, 4) is 5.75 Å². The number of hydrogen-bond acceptors (Lipinski definition) is 4. The van der Waals surface area contributed by atoms with Crippen LogP contribution >= 0.6 is 22.9 Å². The zero-order chi connectivity index (χ0) is 10.7. The van der Waals surface area contributed by atoms with E-state index < -0.39 is 5.97 Å². The number of rotatable bonds is 2. The van der Waals surface area contributed by atoms with Gasteiger partial charge in [0.15, 0.2) is 5.75 Å². The molecule has 5 heteroatoms. The van der Waals surface area contributed by atoms with Gasteiger partial charge in [0.05, 0.1) is 18.0 Å². The first-order chi connectivity index (χ1) is 7.27. The summed E-state index contributed by atoms with van der Waals surface area (Å²) in [6.07, 6.45) is 3.92. The van der Waals surface area contributed by atoms with Crippen LogP contribution < -0.4 is 4.74 Å². The molecular formula is C10H5ClNO2S. The highest BCUT2D eigenvalue weighted by molar-refractivity contribution is 7.08. The van der Waals surface area contributed by atoms with Crippen LogP contribution in [0, 0.1) is 6.20 Å². The molecule has 1 radical (unpaired) electrons. The second-order valence-electron chi connectivity index (χ2n) is 2.65. The van der Waals surface area contributed by atoms with E-state index in [9.17, 15) is 4.79 Å². The molecule has 0 aromatic carbocycles. The first-order valence-electron chi connectivity index (χ1n) is 4.03. The molecule has 0 aliphatic carbocycles. The molecular weight excluding hydrogens is 234 g/mol. The van der Waals surface area contributed by atoms with Gasteiger partial charge in [-0.25, -0.2) is 4.79 Å². The lowest BCUT2D eigenvalue weighted by Crippen LogP contribution is -2.07. The summed E-state index contributed by atoms with van der Waals surface area (Å²) in [6, 6.07) is 3.11. The predicted molar refractivity (Wildman–Crippen MR) is 57.4 cm³/mol. The number of aromatic nitrogens is 1. The molecule has 0 amide bonds. The van der Waals surface area contributed by atoms with E-state index >= 15 is 0 Å². The van der Waals surface area contributed by atoms with E-state index in [1.54, 1.807) is 16.8 Å². The molecule has 2 heterocycles. The maximum Gasteiger partial charge on any atom is 0.344 e. The molecule has 0 saturated carbocycles. The second-order valence-corrected chi connectivity index (χ2v) is 3.83. The van der Waals surface area contributed by atoms with Crippen molar-refractivity contribution >= 4 is 28.9 Å². The van der Waals surface area contributed by atoms with Crippen LogP contribution in [0.25, 0.3) is 0 Å². The van der Waals surface area contributed by atoms with Gasteiger partial charge in [-0.15, -0.1) is 0 Å². The Morgan fingerprint density at radius 3 is 3.13 bits per heavy atom. The summed E-state index contributed by atoms with van der Waals surface area (Å²) in [6.45, 7) is 0. The largest absolute Gasteiger partial charge is 0.421 e. The van der Waals surface area contributed by atoms with Gasteiger partial charge in [0.2, 0.25) is 0 Å². The van der Waals surface area contributed by atoms with E-state index in [-0.39, 0.29) is 10.8 Å². The Balaban J connectivity index is 2.17. The van der Waals surface area contributed by atoms with Gasteiger partial charge in [0.1, 0.15) is 5.02 Å². The second kappa shape index (κ2) is 4.42. The Hall–Kier alpha value is -1.39. The van der Waals surface area contributed by atoms with Crippen LogP contribution in [0.2, 0.25) is 5.02 Å². The normalized spacial score (nSPS) is 9.93. The van der Waals surface area contributed by atoms with Gasteiger partial charge in [-0.1, -0.05) is 11.6 Å². The van der Waals surface area contributed by atoms with E-state index in [4.69, 9.17) is 16.3 Å². The van der Waals surface area contributed by atoms with Gasteiger partial charge in [-0.2, -0.15) is 11.3 Å². The van der Waals surface area contributed by atoms with E-state index in [0.717, 1.165) is 0 Å². The highest BCUT2D eigenvalue weighted by Crippen LogP contribution is 2.23. The smallest absolute Gasteiger partial charge is 0.344 e. The molecule has 0 aliphatic rings. The molecule has 2 rings (SSSR count). The number of thiophene rings is 1. The molecule has 0 aliphatic heterocycles. The van der Waals surface area contributed by atoms with Crippen molar-refractivity contribution in [2.24, 2.45) is 0 Å². The standard InChI is InChI=1S/C10H5ClNO2S/c11-8-5-12-3-1-9(8)14-10(13)7-2-4-15-6-7/h1-2,4-6H. The lowest BCUT2D eigenvalue weighted by molar-refractivity contribution is 0.0735. The molecule has 75 valence electrons. The van der Waals surface area contributed by atoms with Crippen LogP contribution in [-0.4, -0.2) is 11.0 Å². The molecule has 15 heavy (non-hydrogen) atoms. The van der Waals surface area contributed by atoms with Crippen LogP contribution in [0.3, 0.4) is 0 Å². The van der Waals surface area contributed by atoms with Gasteiger partial charge >= 0.3 is 5.97 Å². The minimum absolute atomic E-state index is 0.267. The number of carbonyl (C=O) groups is 1. The van der Waals surface area contributed by atoms with Gasteiger partial charge in [0.25, 0.3) is 0 Å². The number of pyridine rings is 1. The van der Waals surface area contributed by atoms with Gasteiger partial charge in [-0.05, 0) is 11.4 Å². The monoisotopic (exact) mass is 238 g/mol. The Labute approximate surface area is 95.3 Å². The molecule has 0 saturated heterocycles. The molecule has 2 aromatic rings. The average Bonchev–Trinajstić information content (AvgIpc) is 2.74. The summed E-state index contributed by atoms with van der Waals surface area (Å²) in [5.74, 6) is -0.166. The number of ether oxygens (including phenoxy) is 1. The van der Waals surface area contributed by atoms with Crippen LogP contribution in [0.1, 0.15) is 10.4 Å². The van der Waals surface area contributed by atoms with E-state index in [0.29, 0.717) is 5.56 Å². The first kappa shape index (κ1) is 10.1. The molecule has 2 aromatic heterocycles. The predicted octanol–water partition coefficient (Wildman–Crippen LogP) is 2.82. The van der Waals surface area contributed by atoms with Crippen molar-refractivity contribution in [3.05, 3.63) is 45.9 Å². The third-order valence-corrected chi connectivity index (χ3v) is 2.61. The maximum atomic E-state index is 11.5. The Kier molecular flexibility index (Phi) is 2.99. The average molecular weight is 239 g/mol. The highest BCUT2D eigenvalue weighted by Gasteiger charge is 2.10. The third kappa shape index (κ3) is 2.34. The van der Waals surface area contributed by atoms with Crippen molar-refractivity contribution in [3.63, 3.8) is 0 Å². The fraction of sp³-hybridized carbons (Fsp3) is 0. The molecule has 0 N–H and O–H groups in total. The molecule has 0 fully saturated rings. The van der Waals surface area contributed by atoms with Gasteiger partial charge < -0.3 is 4.74 Å². The quantitative estimate of drug-likeness (QED) is 0.756.